The Balaban J connectivity index is 2.23. The largest absolute Gasteiger partial charge is 0.444 e. The molecule has 1 aromatic carbocycles. The third kappa shape index (κ3) is 4.45. The predicted octanol–water partition coefficient (Wildman–Crippen LogP) is 3.30. The van der Waals surface area contributed by atoms with Gasteiger partial charge in [0.25, 0.3) is 0 Å². The number of rotatable bonds is 4. The van der Waals surface area contributed by atoms with Gasteiger partial charge in [-0.15, -0.1) is 0 Å². The Bertz CT molecular complexity index is 732. The average Bonchev–Trinajstić information content (AvgIpc) is 2.87. The van der Waals surface area contributed by atoms with E-state index in [1.165, 1.54) is 6.07 Å². The third-order valence-corrected chi connectivity index (χ3v) is 3.95. The lowest BCUT2D eigenvalue weighted by Gasteiger charge is -2.33. The number of halogens is 1. The molecule has 0 fully saturated rings. The van der Waals surface area contributed by atoms with E-state index in [2.05, 4.69) is 5.32 Å². The minimum atomic E-state index is -1.16. The zero-order valence-electron chi connectivity index (χ0n) is 15.1. The van der Waals surface area contributed by atoms with Gasteiger partial charge in [-0.1, -0.05) is 0 Å². The number of alkyl carbamates (subject to hydrolysis) is 1. The zero-order valence-corrected chi connectivity index (χ0v) is 15.1. The van der Waals surface area contributed by atoms with Crippen molar-refractivity contribution in [1.82, 2.24) is 5.32 Å². The van der Waals surface area contributed by atoms with Crippen LogP contribution in [-0.4, -0.2) is 28.6 Å². The Kier molecular flexibility index (Phi) is 5.04. The molecule has 6 heteroatoms. The first-order valence-electron chi connectivity index (χ1n) is 8.10. The number of aliphatic hydroxyl groups is 1. The highest BCUT2D eigenvalue weighted by atomic mass is 19.1. The second-order valence-corrected chi connectivity index (χ2v) is 7.84. The number of aliphatic hydroxyl groups excluding tert-OH is 1. The lowest BCUT2D eigenvalue weighted by atomic mass is 9.89. The molecule has 0 saturated heterocycles. The Morgan fingerprint density at radius 3 is 2.52 bits per heavy atom. The number of hydrogen-bond donors (Lipinski definition) is 2. The van der Waals surface area contributed by atoms with Crippen LogP contribution in [0.2, 0.25) is 0 Å². The Morgan fingerprint density at radius 1 is 1.32 bits per heavy atom. The molecule has 0 spiro atoms. The van der Waals surface area contributed by atoms with Gasteiger partial charge in [0.2, 0.25) is 0 Å². The van der Waals surface area contributed by atoms with Crippen molar-refractivity contribution in [2.24, 2.45) is 0 Å². The van der Waals surface area contributed by atoms with Gasteiger partial charge in [-0.25, -0.2) is 9.18 Å². The predicted molar refractivity (Wildman–Crippen MR) is 92.6 cm³/mol. The van der Waals surface area contributed by atoms with Crippen LogP contribution in [-0.2, 0) is 16.0 Å². The number of ether oxygens (including phenoxy) is 1. The van der Waals surface area contributed by atoms with Crippen LogP contribution in [0, 0.1) is 5.82 Å². The maximum absolute atomic E-state index is 14.3. The molecule has 0 radical (unpaired) electrons. The number of amides is 1. The number of benzene rings is 1. The van der Waals surface area contributed by atoms with Gasteiger partial charge in [-0.05, 0) is 75.1 Å². The van der Waals surface area contributed by atoms with E-state index in [0.717, 1.165) is 0 Å². The first-order valence-corrected chi connectivity index (χ1v) is 8.10. The van der Waals surface area contributed by atoms with Gasteiger partial charge in [0.05, 0.1) is 5.54 Å². The van der Waals surface area contributed by atoms with E-state index in [1.54, 1.807) is 46.8 Å². The van der Waals surface area contributed by atoms with Gasteiger partial charge in [0, 0.05) is 6.42 Å². The number of nitrogens with one attached hydrogen (secondary N) is 1. The molecule has 1 atom stereocenters. The first-order chi connectivity index (χ1) is 11.4. The van der Waals surface area contributed by atoms with Crippen molar-refractivity contribution < 1.29 is 23.8 Å². The highest BCUT2D eigenvalue weighted by molar-refractivity contribution is 5.86. The smallest absolute Gasteiger partial charge is 0.408 e. The average molecular weight is 349 g/mol. The molecule has 1 aromatic rings. The molecule has 5 nitrogen and oxygen atoms in total. The second-order valence-electron chi connectivity index (χ2n) is 7.84. The molecule has 0 heterocycles. The van der Waals surface area contributed by atoms with Gasteiger partial charge < -0.3 is 15.2 Å². The van der Waals surface area contributed by atoms with Crippen LogP contribution in [0.25, 0.3) is 6.08 Å². The fraction of sp³-hybridized carbons (Fsp3) is 0.474. The molecule has 2 rings (SSSR count). The van der Waals surface area contributed by atoms with E-state index >= 15 is 0 Å². The van der Waals surface area contributed by atoms with E-state index < -0.39 is 29.2 Å². The molecule has 1 amide bonds. The molecular weight excluding hydrogens is 325 g/mol. The monoisotopic (exact) mass is 349 g/mol. The SMILES string of the molecule is CC(C)(C)OC(=O)NC(C)(C)C(O)c1cc(F)c2c(c1)C=C(C=O)C2. The normalized spacial score (nSPS) is 15.2. The number of allylic oxidation sites excluding steroid dienone is 1. The summed E-state index contributed by atoms with van der Waals surface area (Å²) in [4.78, 5) is 22.9. The number of fused-ring (bicyclic) bond motifs is 1. The molecule has 25 heavy (non-hydrogen) atoms. The molecule has 1 aliphatic carbocycles. The van der Waals surface area contributed by atoms with Gasteiger partial charge in [-0.3, -0.25) is 4.79 Å². The second kappa shape index (κ2) is 6.59. The van der Waals surface area contributed by atoms with Gasteiger partial charge in [0.15, 0.2) is 0 Å². The van der Waals surface area contributed by atoms with Crippen molar-refractivity contribution in [2.45, 2.75) is 58.3 Å². The standard InChI is InChI=1S/C19H24FNO4/c1-18(2,3)25-17(24)21-19(4,5)16(23)13-8-12-6-11(10-22)7-14(12)15(20)9-13/h6,8-10,16,23H,7H2,1-5H3,(H,21,24). The Hall–Kier alpha value is -2.21. The van der Waals surface area contributed by atoms with Crippen LogP contribution in [0.4, 0.5) is 9.18 Å². The van der Waals surface area contributed by atoms with Crippen molar-refractivity contribution in [1.29, 1.82) is 0 Å². The first kappa shape index (κ1) is 19.1. The lowest BCUT2D eigenvalue weighted by Crippen LogP contribution is -2.49. The van der Waals surface area contributed by atoms with Crippen LogP contribution in [0.15, 0.2) is 17.7 Å². The lowest BCUT2D eigenvalue weighted by molar-refractivity contribution is -0.104. The molecule has 2 N–H and O–H groups in total. The molecule has 1 aliphatic rings. The molecule has 136 valence electrons. The number of carbonyl (C=O) groups is 2. The van der Waals surface area contributed by atoms with Crippen molar-refractivity contribution in [3.05, 3.63) is 40.2 Å². The number of carbonyl (C=O) groups excluding carboxylic acids is 2. The summed E-state index contributed by atoms with van der Waals surface area (Å²) in [5, 5.41) is 13.3. The maximum Gasteiger partial charge on any atom is 0.408 e. The summed E-state index contributed by atoms with van der Waals surface area (Å²) >= 11 is 0. The van der Waals surface area contributed by atoms with E-state index in [-0.39, 0.29) is 6.42 Å². The summed E-state index contributed by atoms with van der Waals surface area (Å²) in [5.41, 5.74) is 0.0761. The zero-order chi connectivity index (χ0) is 19.0. The van der Waals surface area contributed by atoms with Crippen LogP contribution >= 0.6 is 0 Å². The highest BCUT2D eigenvalue weighted by Gasteiger charge is 2.33. The molecule has 1 unspecified atom stereocenters. The van der Waals surface area contributed by atoms with Crippen molar-refractivity contribution in [3.8, 4) is 0 Å². The summed E-state index contributed by atoms with van der Waals surface area (Å²) in [6.07, 6.45) is 0.731. The van der Waals surface area contributed by atoms with Crippen LogP contribution in [0.1, 0.15) is 57.4 Å². The van der Waals surface area contributed by atoms with Crippen molar-refractivity contribution in [2.75, 3.05) is 0 Å². The highest BCUT2D eigenvalue weighted by Crippen LogP contribution is 2.33. The Labute approximate surface area is 146 Å². The van der Waals surface area contributed by atoms with E-state index in [0.29, 0.717) is 28.5 Å². The fourth-order valence-electron chi connectivity index (χ4n) is 2.74. The van der Waals surface area contributed by atoms with E-state index in [1.807, 2.05) is 0 Å². The van der Waals surface area contributed by atoms with Gasteiger partial charge in [-0.2, -0.15) is 0 Å². The number of aldehydes is 1. The molecule has 0 aromatic heterocycles. The fourth-order valence-corrected chi connectivity index (χ4v) is 2.74. The van der Waals surface area contributed by atoms with E-state index in [4.69, 9.17) is 4.74 Å². The summed E-state index contributed by atoms with van der Waals surface area (Å²) in [6.45, 7) is 8.47. The van der Waals surface area contributed by atoms with Crippen LogP contribution in [0.5, 0.6) is 0 Å². The summed E-state index contributed by atoms with van der Waals surface area (Å²) in [5.74, 6) is -0.479. The topological polar surface area (TPSA) is 75.6 Å². The third-order valence-electron chi connectivity index (χ3n) is 3.95. The minimum Gasteiger partial charge on any atom is -0.444 e. The van der Waals surface area contributed by atoms with Crippen LogP contribution < -0.4 is 5.32 Å². The number of hydrogen-bond acceptors (Lipinski definition) is 4. The van der Waals surface area contributed by atoms with Crippen molar-refractivity contribution >= 4 is 18.5 Å². The summed E-state index contributed by atoms with van der Waals surface area (Å²) < 4.78 is 19.5. The van der Waals surface area contributed by atoms with Gasteiger partial charge in [0.1, 0.15) is 23.8 Å². The summed E-state index contributed by atoms with van der Waals surface area (Å²) in [6, 6.07) is 2.88. The Morgan fingerprint density at radius 2 is 1.96 bits per heavy atom. The van der Waals surface area contributed by atoms with E-state index in [9.17, 15) is 19.1 Å². The maximum atomic E-state index is 14.3. The van der Waals surface area contributed by atoms with Gasteiger partial charge >= 0.3 is 6.09 Å². The summed E-state index contributed by atoms with van der Waals surface area (Å²) in [7, 11) is 0. The molecule has 0 saturated carbocycles. The minimum absolute atomic E-state index is 0.251. The molecular formula is C19H24FNO4. The molecule has 0 aliphatic heterocycles. The van der Waals surface area contributed by atoms with Crippen molar-refractivity contribution in [3.63, 3.8) is 0 Å². The molecule has 0 bridgehead atoms. The quantitative estimate of drug-likeness (QED) is 0.818. The van der Waals surface area contributed by atoms with Crippen LogP contribution in [0.3, 0.4) is 0 Å².